The Bertz CT molecular complexity index is 266. The van der Waals surface area contributed by atoms with Gasteiger partial charge in [0.05, 0.1) is 0 Å². The van der Waals surface area contributed by atoms with Crippen molar-refractivity contribution in [3.05, 3.63) is 30.9 Å². The number of hydrogen-bond acceptors (Lipinski definition) is 2. The van der Waals surface area contributed by atoms with Gasteiger partial charge in [-0.2, -0.15) is 0 Å². The number of hydrogen-bond donors (Lipinski definition) is 2. The summed E-state index contributed by atoms with van der Waals surface area (Å²) in [5.41, 5.74) is 0. The van der Waals surface area contributed by atoms with Gasteiger partial charge in [-0.15, -0.1) is 0 Å². The van der Waals surface area contributed by atoms with Gasteiger partial charge in [0.2, 0.25) is 5.91 Å². The lowest BCUT2D eigenvalue weighted by molar-refractivity contribution is -0.116. The number of carbonyl (C=O) groups excluding carboxylic acids is 1. The van der Waals surface area contributed by atoms with Gasteiger partial charge in [-0.05, 0) is 12.5 Å². The second kappa shape index (κ2) is 5.13. The minimum atomic E-state index is -0.126. The van der Waals surface area contributed by atoms with Gasteiger partial charge in [0.15, 0.2) is 0 Å². The van der Waals surface area contributed by atoms with Crippen LogP contribution in [0, 0.1) is 0 Å². The molecule has 0 fully saturated rings. The highest BCUT2D eigenvalue weighted by atomic mass is 16.1. The summed E-state index contributed by atoms with van der Waals surface area (Å²) < 4.78 is 0. The van der Waals surface area contributed by atoms with Gasteiger partial charge in [-0.1, -0.05) is 6.58 Å². The first-order valence-electron chi connectivity index (χ1n) is 4.21. The summed E-state index contributed by atoms with van der Waals surface area (Å²) in [6, 6.07) is 0. The number of aryl methyl sites for hydroxylation is 1. The molecule has 0 unspecified atom stereocenters. The Kier molecular flexibility index (Phi) is 3.75. The lowest BCUT2D eigenvalue weighted by atomic mass is 10.3. The molecule has 0 aliphatic carbocycles. The minimum Gasteiger partial charge on any atom is -0.353 e. The maximum absolute atomic E-state index is 10.7. The monoisotopic (exact) mass is 179 g/mol. The van der Waals surface area contributed by atoms with Gasteiger partial charge >= 0.3 is 0 Å². The summed E-state index contributed by atoms with van der Waals surface area (Å²) in [7, 11) is 0. The molecule has 4 nitrogen and oxygen atoms in total. The number of H-pyrrole nitrogens is 1. The van der Waals surface area contributed by atoms with Crippen molar-refractivity contribution in [2.45, 2.75) is 12.8 Å². The van der Waals surface area contributed by atoms with Crippen LogP contribution in [0.3, 0.4) is 0 Å². The number of rotatable bonds is 5. The number of aromatic amines is 1. The van der Waals surface area contributed by atoms with Crippen molar-refractivity contribution in [2.75, 3.05) is 6.54 Å². The lowest BCUT2D eigenvalue weighted by Crippen LogP contribution is -2.22. The molecule has 2 N–H and O–H groups in total. The van der Waals surface area contributed by atoms with Gasteiger partial charge in [0.1, 0.15) is 5.82 Å². The van der Waals surface area contributed by atoms with Crippen LogP contribution in [0.15, 0.2) is 25.0 Å². The highest BCUT2D eigenvalue weighted by Gasteiger charge is 1.95. The molecule has 0 bridgehead atoms. The van der Waals surface area contributed by atoms with E-state index in [0.29, 0.717) is 6.54 Å². The van der Waals surface area contributed by atoms with Crippen LogP contribution in [-0.4, -0.2) is 22.4 Å². The van der Waals surface area contributed by atoms with Gasteiger partial charge in [0, 0.05) is 25.4 Å². The largest absolute Gasteiger partial charge is 0.353 e. The highest BCUT2D eigenvalue weighted by Crippen LogP contribution is 1.92. The fourth-order valence-corrected chi connectivity index (χ4v) is 0.974. The zero-order valence-electron chi connectivity index (χ0n) is 7.42. The molecule has 0 saturated carbocycles. The SMILES string of the molecule is C=CC(=O)NCCCc1ncc[nH]1. The van der Waals surface area contributed by atoms with Crippen LogP contribution in [0.25, 0.3) is 0 Å². The van der Waals surface area contributed by atoms with Crippen LogP contribution in [0.2, 0.25) is 0 Å². The van der Waals surface area contributed by atoms with E-state index in [1.807, 2.05) is 0 Å². The third-order valence-electron chi connectivity index (χ3n) is 1.63. The topological polar surface area (TPSA) is 57.8 Å². The van der Waals surface area contributed by atoms with Crippen LogP contribution >= 0.6 is 0 Å². The van der Waals surface area contributed by atoms with Crippen molar-refractivity contribution in [3.8, 4) is 0 Å². The van der Waals surface area contributed by atoms with Crippen molar-refractivity contribution < 1.29 is 4.79 Å². The smallest absolute Gasteiger partial charge is 0.243 e. The van der Waals surface area contributed by atoms with Crippen molar-refractivity contribution in [1.29, 1.82) is 0 Å². The minimum absolute atomic E-state index is 0.126. The predicted octanol–water partition coefficient (Wildman–Crippen LogP) is 0.644. The van der Waals surface area contributed by atoms with E-state index >= 15 is 0 Å². The molecule has 4 heteroatoms. The standard InChI is InChI=1S/C9H13N3O/c1-2-9(13)12-5-3-4-8-10-6-7-11-8/h2,6-7H,1,3-5H2,(H,10,11)(H,12,13). The summed E-state index contributed by atoms with van der Waals surface area (Å²) in [5.74, 6) is 0.826. The van der Waals surface area contributed by atoms with Crippen LogP contribution in [0.1, 0.15) is 12.2 Å². The average molecular weight is 179 g/mol. The van der Waals surface area contributed by atoms with E-state index in [-0.39, 0.29) is 5.91 Å². The third-order valence-corrected chi connectivity index (χ3v) is 1.63. The van der Waals surface area contributed by atoms with Crippen LogP contribution in [-0.2, 0) is 11.2 Å². The molecule has 1 aromatic rings. The van der Waals surface area contributed by atoms with Crippen molar-refractivity contribution >= 4 is 5.91 Å². The molecule has 70 valence electrons. The molecule has 1 heterocycles. The molecule has 0 aliphatic heterocycles. The normalized spacial score (nSPS) is 9.54. The van der Waals surface area contributed by atoms with Crippen molar-refractivity contribution in [2.24, 2.45) is 0 Å². The van der Waals surface area contributed by atoms with E-state index in [0.717, 1.165) is 18.7 Å². The van der Waals surface area contributed by atoms with Crippen LogP contribution in [0.4, 0.5) is 0 Å². The molecule has 1 amide bonds. The first kappa shape index (κ1) is 9.51. The molecule has 1 rings (SSSR count). The number of aromatic nitrogens is 2. The number of amides is 1. The second-order valence-electron chi connectivity index (χ2n) is 2.63. The Labute approximate surface area is 77.1 Å². The van der Waals surface area contributed by atoms with E-state index in [9.17, 15) is 4.79 Å². The van der Waals surface area contributed by atoms with Gasteiger partial charge < -0.3 is 10.3 Å². The summed E-state index contributed by atoms with van der Waals surface area (Å²) in [4.78, 5) is 17.8. The molecule has 1 aromatic heterocycles. The van der Waals surface area contributed by atoms with E-state index in [1.54, 1.807) is 12.4 Å². The Morgan fingerprint density at radius 2 is 2.62 bits per heavy atom. The molecular formula is C9H13N3O. The Morgan fingerprint density at radius 3 is 3.23 bits per heavy atom. The van der Waals surface area contributed by atoms with E-state index in [4.69, 9.17) is 0 Å². The maximum atomic E-state index is 10.7. The molecule has 0 spiro atoms. The molecule has 0 aliphatic rings. The highest BCUT2D eigenvalue weighted by molar-refractivity contribution is 5.86. The average Bonchev–Trinajstić information content (AvgIpc) is 2.64. The summed E-state index contributed by atoms with van der Waals surface area (Å²) in [6.07, 6.45) is 6.51. The first-order valence-corrected chi connectivity index (χ1v) is 4.21. The van der Waals surface area contributed by atoms with E-state index in [2.05, 4.69) is 21.9 Å². The van der Waals surface area contributed by atoms with Crippen molar-refractivity contribution in [3.63, 3.8) is 0 Å². The quantitative estimate of drug-likeness (QED) is 0.515. The van der Waals surface area contributed by atoms with Gasteiger partial charge in [-0.25, -0.2) is 4.98 Å². The van der Waals surface area contributed by atoms with Crippen LogP contribution < -0.4 is 5.32 Å². The van der Waals surface area contributed by atoms with Gasteiger partial charge in [0.25, 0.3) is 0 Å². The zero-order chi connectivity index (χ0) is 9.52. The van der Waals surface area contributed by atoms with Crippen LogP contribution in [0.5, 0.6) is 0 Å². The molecule has 13 heavy (non-hydrogen) atoms. The first-order chi connectivity index (χ1) is 6.33. The third kappa shape index (κ3) is 3.55. The fourth-order valence-electron chi connectivity index (χ4n) is 0.974. The Balaban J connectivity index is 2.08. The number of carbonyl (C=O) groups is 1. The maximum Gasteiger partial charge on any atom is 0.243 e. The number of nitrogens with zero attached hydrogens (tertiary/aromatic N) is 1. The molecule has 0 saturated heterocycles. The Hall–Kier alpha value is -1.58. The lowest BCUT2D eigenvalue weighted by Gasteiger charge is -1.99. The number of imidazole rings is 1. The second-order valence-corrected chi connectivity index (χ2v) is 2.63. The summed E-state index contributed by atoms with van der Waals surface area (Å²) in [5, 5.41) is 2.70. The summed E-state index contributed by atoms with van der Waals surface area (Å²) in [6.45, 7) is 4.02. The molecule has 0 atom stereocenters. The van der Waals surface area contributed by atoms with Gasteiger partial charge in [-0.3, -0.25) is 4.79 Å². The summed E-state index contributed by atoms with van der Waals surface area (Å²) >= 11 is 0. The molecule has 0 radical (unpaired) electrons. The number of nitrogens with one attached hydrogen (secondary N) is 2. The predicted molar refractivity (Wildman–Crippen MR) is 50.1 cm³/mol. The zero-order valence-corrected chi connectivity index (χ0v) is 7.42. The Morgan fingerprint density at radius 1 is 1.77 bits per heavy atom. The van der Waals surface area contributed by atoms with E-state index < -0.39 is 0 Å². The molecular weight excluding hydrogens is 166 g/mol. The van der Waals surface area contributed by atoms with E-state index in [1.165, 1.54) is 6.08 Å². The fraction of sp³-hybridized carbons (Fsp3) is 0.333. The van der Waals surface area contributed by atoms with Crippen molar-refractivity contribution in [1.82, 2.24) is 15.3 Å². The molecule has 0 aromatic carbocycles.